The highest BCUT2D eigenvalue weighted by molar-refractivity contribution is 7.92. The third-order valence-corrected chi connectivity index (χ3v) is 8.35. The van der Waals surface area contributed by atoms with E-state index in [2.05, 4.69) is 5.32 Å². The van der Waals surface area contributed by atoms with E-state index < -0.39 is 16.1 Å². The molecule has 0 unspecified atom stereocenters. The van der Waals surface area contributed by atoms with Gasteiger partial charge in [0.25, 0.3) is 0 Å². The fourth-order valence-electron chi connectivity index (χ4n) is 4.73. The van der Waals surface area contributed by atoms with Crippen molar-refractivity contribution in [1.82, 2.24) is 10.2 Å². The Labute approximate surface area is 226 Å². The second kappa shape index (κ2) is 12.8. The number of benzene rings is 2. The zero-order valence-electron chi connectivity index (χ0n) is 22.2. The third-order valence-electron chi connectivity index (χ3n) is 6.92. The van der Waals surface area contributed by atoms with Gasteiger partial charge in [-0.2, -0.15) is 0 Å². The summed E-state index contributed by atoms with van der Waals surface area (Å²) >= 11 is 6.03. The van der Waals surface area contributed by atoms with Gasteiger partial charge in [0.1, 0.15) is 6.04 Å². The maximum atomic E-state index is 13.4. The summed E-state index contributed by atoms with van der Waals surface area (Å²) in [5.74, 6) is -0.360. The molecule has 7 nitrogen and oxygen atoms in total. The van der Waals surface area contributed by atoms with E-state index >= 15 is 0 Å². The van der Waals surface area contributed by atoms with Crippen molar-refractivity contribution in [3.63, 3.8) is 0 Å². The summed E-state index contributed by atoms with van der Waals surface area (Å²) in [6, 6.07) is 12.4. The van der Waals surface area contributed by atoms with Crippen LogP contribution in [-0.2, 0) is 26.2 Å². The Morgan fingerprint density at radius 3 is 2.35 bits per heavy atom. The highest BCUT2D eigenvalue weighted by Crippen LogP contribution is 2.25. The molecule has 0 aromatic heterocycles. The van der Waals surface area contributed by atoms with Gasteiger partial charge in [0, 0.05) is 30.6 Å². The number of sulfonamides is 1. The van der Waals surface area contributed by atoms with Crippen LogP contribution in [0.3, 0.4) is 0 Å². The molecule has 0 saturated heterocycles. The molecular formula is C28H38ClN3O4S. The lowest BCUT2D eigenvalue weighted by Crippen LogP contribution is -2.49. The van der Waals surface area contributed by atoms with Gasteiger partial charge in [0.05, 0.1) is 11.9 Å². The van der Waals surface area contributed by atoms with Gasteiger partial charge in [-0.05, 0) is 74.9 Å². The maximum Gasteiger partial charge on any atom is 0.242 e. The molecule has 2 amide bonds. The quantitative estimate of drug-likeness (QED) is 0.430. The number of nitrogens with zero attached hydrogens (tertiary/aromatic N) is 2. The first-order valence-corrected chi connectivity index (χ1v) is 15.1. The number of hydrogen-bond acceptors (Lipinski definition) is 4. The molecule has 37 heavy (non-hydrogen) atoms. The van der Waals surface area contributed by atoms with Gasteiger partial charge in [-0.1, -0.05) is 48.7 Å². The van der Waals surface area contributed by atoms with Crippen LogP contribution in [0.5, 0.6) is 0 Å². The van der Waals surface area contributed by atoms with E-state index in [1.165, 1.54) is 10.6 Å². The lowest BCUT2D eigenvalue weighted by molar-refractivity contribution is -0.141. The number of anilines is 1. The highest BCUT2D eigenvalue weighted by atomic mass is 35.5. The van der Waals surface area contributed by atoms with Gasteiger partial charge in [-0.25, -0.2) is 8.42 Å². The predicted octanol–water partition coefficient (Wildman–Crippen LogP) is 4.98. The van der Waals surface area contributed by atoms with E-state index in [4.69, 9.17) is 11.6 Å². The van der Waals surface area contributed by atoms with Crippen LogP contribution in [0.1, 0.15) is 62.1 Å². The Morgan fingerprint density at radius 1 is 1.08 bits per heavy atom. The zero-order valence-corrected chi connectivity index (χ0v) is 23.7. The number of carbonyl (C=O) groups is 2. The standard InChI is InChI=1S/C28H38ClN3O4S/c1-20-11-12-21(2)26(18-20)32(37(4,35)36)17-7-10-27(33)31(19-23-13-15-24(29)16-14-23)22(3)28(34)30-25-8-5-6-9-25/h11-16,18,22,25H,5-10,17,19H2,1-4H3,(H,30,34)/t22-/m0/s1. The fourth-order valence-corrected chi connectivity index (χ4v) is 5.87. The molecule has 1 saturated carbocycles. The van der Waals surface area contributed by atoms with E-state index in [-0.39, 0.29) is 37.4 Å². The van der Waals surface area contributed by atoms with E-state index in [1.54, 1.807) is 24.0 Å². The van der Waals surface area contributed by atoms with Crippen LogP contribution in [0.25, 0.3) is 0 Å². The van der Waals surface area contributed by atoms with Gasteiger partial charge < -0.3 is 10.2 Å². The Hall–Kier alpha value is -2.58. The summed E-state index contributed by atoms with van der Waals surface area (Å²) in [6.45, 7) is 5.97. The van der Waals surface area contributed by atoms with Crippen molar-refractivity contribution in [2.24, 2.45) is 0 Å². The summed E-state index contributed by atoms with van der Waals surface area (Å²) < 4.78 is 26.6. The van der Waals surface area contributed by atoms with Crippen LogP contribution >= 0.6 is 11.6 Å². The first-order valence-electron chi connectivity index (χ1n) is 12.8. The van der Waals surface area contributed by atoms with Crippen LogP contribution < -0.4 is 9.62 Å². The van der Waals surface area contributed by atoms with Gasteiger partial charge in [0.15, 0.2) is 0 Å². The number of amides is 2. The molecule has 2 aromatic rings. The number of hydrogen-bond donors (Lipinski definition) is 1. The molecule has 9 heteroatoms. The minimum atomic E-state index is -3.54. The lowest BCUT2D eigenvalue weighted by atomic mass is 10.1. The van der Waals surface area contributed by atoms with Crippen molar-refractivity contribution in [2.75, 3.05) is 17.1 Å². The summed E-state index contributed by atoms with van der Waals surface area (Å²) in [7, 11) is -3.54. The molecule has 0 radical (unpaired) electrons. The summed E-state index contributed by atoms with van der Waals surface area (Å²) in [5, 5.41) is 3.69. The van der Waals surface area contributed by atoms with Crippen molar-refractivity contribution in [1.29, 1.82) is 0 Å². The Morgan fingerprint density at radius 2 is 1.73 bits per heavy atom. The molecule has 1 fully saturated rings. The van der Waals surface area contributed by atoms with Crippen molar-refractivity contribution in [3.05, 3.63) is 64.2 Å². The SMILES string of the molecule is Cc1ccc(C)c(N(CCCC(=O)N(Cc2ccc(Cl)cc2)[C@@H](C)C(=O)NC2CCCC2)S(C)(=O)=O)c1. The summed E-state index contributed by atoms with van der Waals surface area (Å²) in [6.07, 6.45) is 5.75. The summed E-state index contributed by atoms with van der Waals surface area (Å²) in [5.41, 5.74) is 3.30. The van der Waals surface area contributed by atoms with Crippen LogP contribution in [0.2, 0.25) is 5.02 Å². The molecule has 2 aromatic carbocycles. The van der Waals surface area contributed by atoms with E-state index in [0.29, 0.717) is 17.1 Å². The second-order valence-electron chi connectivity index (χ2n) is 10.0. The molecule has 0 aliphatic heterocycles. The normalized spacial score (nSPS) is 14.8. The smallest absolute Gasteiger partial charge is 0.242 e. The first kappa shape index (κ1) is 29.0. The van der Waals surface area contributed by atoms with Crippen LogP contribution in [0, 0.1) is 13.8 Å². The van der Waals surface area contributed by atoms with Gasteiger partial charge in [0.2, 0.25) is 21.8 Å². The molecule has 1 aliphatic carbocycles. The molecule has 1 aliphatic rings. The predicted molar refractivity (Wildman–Crippen MR) is 149 cm³/mol. The molecule has 1 atom stereocenters. The number of rotatable bonds is 11. The minimum absolute atomic E-state index is 0.117. The highest BCUT2D eigenvalue weighted by Gasteiger charge is 2.29. The Balaban J connectivity index is 1.73. The summed E-state index contributed by atoms with van der Waals surface area (Å²) in [4.78, 5) is 28.1. The fraction of sp³-hybridized carbons (Fsp3) is 0.500. The van der Waals surface area contributed by atoms with Crippen molar-refractivity contribution in [2.45, 2.75) is 77.9 Å². The molecule has 1 N–H and O–H groups in total. The third kappa shape index (κ3) is 8.20. The van der Waals surface area contributed by atoms with Gasteiger partial charge in [-0.15, -0.1) is 0 Å². The van der Waals surface area contributed by atoms with Crippen LogP contribution in [0.4, 0.5) is 5.69 Å². The largest absolute Gasteiger partial charge is 0.352 e. The second-order valence-corrected chi connectivity index (χ2v) is 12.4. The maximum absolute atomic E-state index is 13.4. The first-order chi connectivity index (χ1) is 17.5. The monoisotopic (exact) mass is 547 g/mol. The van der Waals surface area contributed by atoms with Gasteiger partial charge >= 0.3 is 0 Å². The number of aryl methyl sites for hydroxylation is 2. The van der Waals surface area contributed by atoms with Crippen LogP contribution in [-0.4, -0.2) is 50.0 Å². The lowest BCUT2D eigenvalue weighted by Gasteiger charge is -2.30. The molecule has 0 heterocycles. The van der Waals surface area contributed by atoms with E-state index in [9.17, 15) is 18.0 Å². The Kier molecular flexibility index (Phi) is 10.0. The van der Waals surface area contributed by atoms with E-state index in [1.807, 2.05) is 44.2 Å². The average Bonchev–Trinajstić information content (AvgIpc) is 3.35. The van der Waals surface area contributed by atoms with Gasteiger partial charge in [-0.3, -0.25) is 13.9 Å². The molecule has 0 bridgehead atoms. The van der Waals surface area contributed by atoms with Crippen LogP contribution in [0.15, 0.2) is 42.5 Å². The number of halogens is 1. The van der Waals surface area contributed by atoms with Crippen molar-refractivity contribution in [3.8, 4) is 0 Å². The Bertz CT molecular complexity index is 1190. The molecular weight excluding hydrogens is 510 g/mol. The average molecular weight is 548 g/mol. The molecule has 3 rings (SSSR count). The topological polar surface area (TPSA) is 86.8 Å². The molecule has 0 spiro atoms. The zero-order chi connectivity index (χ0) is 27.2. The number of carbonyl (C=O) groups excluding carboxylic acids is 2. The number of nitrogens with one attached hydrogen (secondary N) is 1. The molecule has 202 valence electrons. The van der Waals surface area contributed by atoms with E-state index in [0.717, 1.165) is 42.4 Å². The van der Waals surface area contributed by atoms with Crippen molar-refractivity contribution >= 4 is 39.1 Å². The van der Waals surface area contributed by atoms with Crippen molar-refractivity contribution < 1.29 is 18.0 Å². The minimum Gasteiger partial charge on any atom is -0.352 e.